The zero-order valence-corrected chi connectivity index (χ0v) is 18.8. The highest BCUT2D eigenvalue weighted by atomic mass is 35.5. The number of hydrogen-bond donors (Lipinski definition) is 2. The Labute approximate surface area is 187 Å². The second kappa shape index (κ2) is 9.85. The van der Waals surface area contributed by atoms with Gasteiger partial charge in [-0.05, 0) is 61.9 Å². The normalized spacial score (nSPS) is 11.1. The van der Waals surface area contributed by atoms with Gasteiger partial charge in [0.25, 0.3) is 15.9 Å². The van der Waals surface area contributed by atoms with Crippen LogP contribution in [0.25, 0.3) is 0 Å². The molecule has 0 fully saturated rings. The number of rotatable bonds is 8. The molecule has 0 aromatic heterocycles. The Bertz CT molecular complexity index is 1160. The van der Waals surface area contributed by atoms with E-state index in [1.807, 2.05) is 38.1 Å². The highest BCUT2D eigenvalue weighted by Gasteiger charge is 2.17. The van der Waals surface area contributed by atoms with Gasteiger partial charge in [0, 0.05) is 12.1 Å². The number of amides is 1. The van der Waals surface area contributed by atoms with E-state index >= 15 is 0 Å². The first-order valence-corrected chi connectivity index (χ1v) is 11.5. The van der Waals surface area contributed by atoms with Crippen molar-refractivity contribution in [1.82, 2.24) is 5.32 Å². The van der Waals surface area contributed by atoms with Gasteiger partial charge >= 0.3 is 0 Å². The Morgan fingerprint density at radius 3 is 2.29 bits per heavy atom. The average Bonchev–Trinajstić information content (AvgIpc) is 2.75. The molecule has 3 rings (SSSR count). The summed E-state index contributed by atoms with van der Waals surface area (Å²) in [5, 5.41) is 2.94. The van der Waals surface area contributed by atoms with E-state index in [9.17, 15) is 13.2 Å². The summed E-state index contributed by atoms with van der Waals surface area (Å²) >= 11 is 6.24. The van der Waals surface area contributed by atoms with Crippen LogP contribution in [0.3, 0.4) is 0 Å². The second-order valence-electron chi connectivity index (χ2n) is 6.87. The Morgan fingerprint density at radius 1 is 1.00 bits per heavy atom. The number of sulfonamides is 1. The van der Waals surface area contributed by atoms with E-state index in [-0.39, 0.29) is 21.5 Å². The number of carbonyl (C=O) groups is 1. The second-order valence-corrected chi connectivity index (χ2v) is 8.96. The summed E-state index contributed by atoms with van der Waals surface area (Å²) in [7, 11) is -3.78. The molecule has 0 atom stereocenters. The summed E-state index contributed by atoms with van der Waals surface area (Å²) in [5.74, 6) is 0.455. The average molecular weight is 459 g/mol. The predicted octanol–water partition coefficient (Wildman–Crippen LogP) is 4.78. The third-order valence-electron chi connectivity index (χ3n) is 4.49. The molecular weight excluding hydrogens is 436 g/mol. The fraction of sp³-hybridized carbons (Fsp3) is 0.174. The molecule has 0 aliphatic heterocycles. The number of benzene rings is 3. The lowest BCUT2D eigenvalue weighted by molar-refractivity contribution is 0.0951. The molecular formula is C23H23ClN2O4S. The van der Waals surface area contributed by atoms with Gasteiger partial charge in [0.15, 0.2) is 0 Å². The SMILES string of the molecule is CCOc1ccc(CNC(=O)c2ccc(NS(=O)(=O)c3ccc(C)cc3)c(Cl)c2)cc1. The number of anilines is 1. The molecule has 8 heteroatoms. The van der Waals surface area contributed by atoms with Gasteiger partial charge in [-0.3, -0.25) is 9.52 Å². The van der Waals surface area contributed by atoms with Crippen LogP contribution < -0.4 is 14.8 Å². The summed E-state index contributed by atoms with van der Waals surface area (Å²) in [6.07, 6.45) is 0. The Balaban J connectivity index is 1.65. The molecule has 0 aliphatic carbocycles. The van der Waals surface area contributed by atoms with Gasteiger partial charge in [-0.15, -0.1) is 0 Å². The fourth-order valence-electron chi connectivity index (χ4n) is 2.81. The molecule has 1 amide bonds. The van der Waals surface area contributed by atoms with Crippen molar-refractivity contribution in [2.45, 2.75) is 25.3 Å². The van der Waals surface area contributed by atoms with Crippen LogP contribution in [0.15, 0.2) is 71.6 Å². The van der Waals surface area contributed by atoms with Crippen LogP contribution in [0.4, 0.5) is 5.69 Å². The molecule has 0 unspecified atom stereocenters. The molecule has 0 bridgehead atoms. The Kier molecular flexibility index (Phi) is 7.20. The number of nitrogens with one attached hydrogen (secondary N) is 2. The van der Waals surface area contributed by atoms with Crippen LogP contribution in [0.2, 0.25) is 5.02 Å². The third kappa shape index (κ3) is 5.99. The first kappa shape index (κ1) is 22.7. The summed E-state index contributed by atoms with van der Waals surface area (Å²) in [5.41, 5.74) is 2.41. The van der Waals surface area contributed by atoms with Crippen LogP contribution in [0.5, 0.6) is 5.75 Å². The molecule has 0 aliphatic rings. The molecule has 0 saturated heterocycles. The van der Waals surface area contributed by atoms with Gasteiger partial charge in [-0.2, -0.15) is 0 Å². The molecule has 3 aromatic rings. The summed E-state index contributed by atoms with van der Waals surface area (Å²) in [6, 6.07) is 18.3. The van der Waals surface area contributed by atoms with Crippen molar-refractivity contribution in [3.63, 3.8) is 0 Å². The van der Waals surface area contributed by atoms with Gasteiger partial charge in [0.2, 0.25) is 0 Å². The van der Waals surface area contributed by atoms with E-state index < -0.39 is 10.0 Å². The summed E-state index contributed by atoms with van der Waals surface area (Å²) in [4.78, 5) is 12.6. The predicted molar refractivity (Wildman–Crippen MR) is 122 cm³/mol. The van der Waals surface area contributed by atoms with Crippen molar-refractivity contribution in [2.24, 2.45) is 0 Å². The summed E-state index contributed by atoms with van der Waals surface area (Å²) in [6.45, 7) is 4.72. The van der Waals surface area contributed by atoms with Crippen LogP contribution in [-0.4, -0.2) is 20.9 Å². The Hall–Kier alpha value is -3.03. The van der Waals surface area contributed by atoms with Crippen molar-refractivity contribution >= 4 is 33.2 Å². The molecule has 0 spiro atoms. The van der Waals surface area contributed by atoms with E-state index in [0.29, 0.717) is 18.7 Å². The highest BCUT2D eigenvalue weighted by molar-refractivity contribution is 7.92. The maximum Gasteiger partial charge on any atom is 0.261 e. The van der Waals surface area contributed by atoms with Crippen molar-refractivity contribution in [1.29, 1.82) is 0 Å². The lowest BCUT2D eigenvalue weighted by Gasteiger charge is -2.12. The molecule has 0 saturated carbocycles. The summed E-state index contributed by atoms with van der Waals surface area (Å²) < 4.78 is 33.0. The largest absolute Gasteiger partial charge is 0.494 e. The number of carbonyl (C=O) groups excluding carboxylic acids is 1. The molecule has 6 nitrogen and oxygen atoms in total. The van der Waals surface area contributed by atoms with Crippen LogP contribution in [0.1, 0.15) is 28.4 Å². The topological polar surface area (TPSA) is 84.5 Å². The van der Waals surface area contributed by atoms with Gasteiger partial charge in [-0.25, -0.2) is 8.42 Å². The minimum absolute atomic E-state index is 0.129. The standard InChI is InChI=1S/C23H23ClN2O4S/c1-3-30-19-9-6-17(7-10-19)15-25-23(27)18-8-13-22(21(24)14-18)26-31(28,29)20-11-4-16(2)5-12-20/h4-14,26H,3,15H2,1-2H3,(H,25,27). The number of halogens is 1. The molecule has 0 radical (unpaired) electrons. The number of aryl methyl sites for hydroxylation is 1. The van der Waals surface area contributed by atoms with E-state index in [2.05, 4.69) is 10.0 Å². The maximum atomic E-state index is 12.6. The van der Waals surface area contributed by atoms with Crippen molar-refractivity contribution in [3.8, 4) is 5.75 Å². The smallest absolute Gasteiger partial charge is 0.261 e. The van der Waals surface area contributed by atoms with E-state index in [1.165, 1.54) is 30.3 Å². The van der Waals surface area contributed by atoms with Crippen molar-refractivity contribution in [3.05, 3.63) is 88.4 Å². The minimum atomic E-state index is -3.78. The van der Waals surface area contributed by atoms with Crippen LogP contribution >= 0.6 is 11.6 Å². The lowest BCUT2D eigenvalue weighted by Crippen LogP contribution is -2.23. The van der Waals surface area contributed by atoms with Crippen LogP contribution in [-0.2, 0) is 16.6 Å². The monoisotopic (exact) mass is 458 g/mol. The number of ether oxygens (including phenoxy) is 1. The number of hydrogen-bond acceptors (Lipinski definition) is 4. The zero-order chi connectivity index (χ0) is 22.4. The van der Waals surface area contributed by atoms with Gasteiger partial charge in [0.05, 0.1) is 22.2 Å². The van der Waals surface area contributed by atoms with Gasteiger partial charge in [0.1, 0.15) is 5.75 Å². The molecule has 162 valence electrons. The lowest BCUT2D eigenvalue weighted by atomic mass is 10.1. The molecule has 31 heavy (non-hydrogen) atoms. The van der Waals surface area contributed by atoms with E-state index in [0.717, 1.165) is 16.9 Å². The fourth-order valence-corrected chi connectivity index (χ4v) is 4.18. The molecule has 0 heterocycles. The quantitative estimate of drug-likeness (QED) is 0.508. The minimum Gasteiger partial charge on any atom is -0.494 e. The first-order chi connectivity index (χ1) is 14.8. The van der Waals surface area contributed by atoms with Crippen molar-refractivity contribution < 1.29 is 17.9 Å². The third-order valence-corrected chi connectivity index (χ3v) is 6.19. The van der Waals surface area contributed by atoms with E-state index in [1.54, 1.807) is 12.1 Å². The van der Waals surface area contributed by atoms with Crippen LogP contribution in [0, 0.1) is 6.92 Å². The molecule has 3 aromatic carbocycles. The zero-order valence-electron chi connectivity index (χ0n) is 17.2. The van der Waals surface area contributed by atoms with Gasteiger partial charge in [-0.1, -0.05) is 41.4 Å². The van der Waals surface area contributed by atoms with Gasteiger partial charge < -0.3 is 10.1 Å². The maximum absolute atomic E-state index is 12.6. The Morgan fingerprint density at radius 2 is 1.68 bits per heavy atom. The van der Waals surface area contributed by atoms with Crippen molar-refractivity contribution in [2.75, 3.05) is 11.3 Å². The highest BCUT2D eigenvalue weighted by Crippen LogP contribution is 2.26. The molecule has 2 N–H and O–H groups in total. The van der Waals surface area contributed by atoms with E-state index in [4.69, 9.17) is 16.3 Å². The first-order valence-electron chi connectivity index (χ1n) is 9.67.